The molecule has 0 aliphatic rings. The molecular weight excluding hydrogens is 363 g/mol. The van der Waals surface area contributed by atoms with Gasteiger partial charge in [-0.2, -0.15) is 13.2 Å². The van der Waals surface area contributed by atoms with Crippen molar-refractivity contribution < 1.29 is 13.2 Å². The first-order chi connectivity index (χ1) is 8.86. The number of alkyl halides is 3. The van der Waals surface area contributed by atoms with E-state index in [0.29, 0.717) is 17.3 Å². The topological polar surface area (TPSA) is 12.0 Å². The Labute approximate surface area is 125 Å². The highest BCUT2D eigenvalue weighted by Gasteiger charge is 2.33. The van der Waals surface area contributed by atoms with Gasteiger partial charge in [0.1, 0.15) is 0 Å². The molecule has 2 rings (SSSR count). The maximum Gasteiger partial charge on any atom is 0.417 e. The molecule has 1 aromatic heterocycles. The van der Waals surface area contributed by atoms with E-state index in [1.54, 1.807) is 17.5 Å². The summed E-state index contributed by atoms with van der Waals surface area (Å²) in [6.45, 7) is 0.441. The van der Waals surface area contributed by atoms with Crippen molar-refractivity contribution in [1.29, 1.82) is 0 Å². The second-order valence-corrected chi connectivity index (χ2v) is 6.06. The Kier molecular flexibility index (Phi) is 4.43. The fourth-order valence-corrected chi connectivity index (χ4v) is 2.97. The fourth-order valence-electron chi connectivity index (χ4n) is 1.49. The summed E-state index contributed by atoms with van der Waals surface area (Å²) in [4.78, 5) is 0.960. The van der Waals surface area contributed by atoms with E-state index in [1.165, 1.54) is 17.4 Å². The molecule has 1 aromatic carbocycles. The minimum Gasteiger partial charge on any atom is -0.380 e. The summed E-state index contributed by atoms with van der Waals surface area (Å²) in [6, 6.07) is 5.84. The largest absolute Gasteiger partial charge is 0.417 e. The Balaban J connectivity index is 2.13. The zero-order valence-electron chi connectivity index (χ0n) is 9.39. The highest BCUT2D eigenvalue weighted by atomic mass is 79.9. The van der Waals surface area contributed by atoms with Gasteiger partial charge in [0, 0.05) is 27.0 Å². The smallest absolute Gasteiger partial charge is 0.380 e. The van der Waals surface area contributed by atoms with E-state index in [9.17, 15) is 13.2 Å². The van der Waals surface area contributed by atoms with Crippen molar-refractivity contribution in [1.82, 2.24) is 0 Å². The SMILES string of the molecule is FC(F)(F)c1cc(NCc2cc(Cl)cs2)ccc1Br. The number of rotatable bonds is 3. The van der Waals surface area contributed by atoms with Gasteiger partial charge in [0.15, 0.2) is 0 Å². The van der Waals surface area contributed by atoms with Crippen LogP contribution in [0.5, 0.6) is 0 Å². The maximum atomic E-state index is 12.7. The lowest BCUT2D eigenvalue weighted by Crippen LogP contribution is -2.07. The number of anilines is 1. The van der Waals surface area contributed by atoms with Gasteiger partial charge in [0.25, 0.3) is 0 Å². The first-order valence-corrected chi connectivity index (χ1v) is 7.25. The van der Waals surface area contributed by atoms with Crippen LogP contribution in [0.4, 0.5) is 18.9 Å². The summed E-state index contributed by atoms with van der Waals surface area (Å²) in [5.74, 6) is 0. The quantitative estimate of drug-likeness (QED) is 0.720. The van der Waals surface area contributed by atoms with E-state index in [0.717, 1.165) is 10.9 Å². The normalized spacial score (nSPS) is 11.6. The van der Waals surface area contributed by atoms with Crippen LogP contribution in [0.3, 0.4) is 0 Å². The average molecular weight is 371 g/mol. The monoisotopic (exact) mass is 369 g/mol. The van der Waals surface area contributed by atoms with E-state index in [-0.39, 0.29) is 4.47 Å². The van der Waals surface area contributed by atoms with Gasteiger partial charge in [-0.05, 0) is 24.3 Å². The van der Waals surface area contributed by atoms with Crippen molar-refractivity contribution in [3.63, 3.8) is 0 Å². The summed E-state index contributed by atoms with van der Waals surface area (Å²) in [5, 5.41) is 5.36. The minimum atomic E-state index is -4.37. The Bertz CT molecular complexity index is 583. The molecule has 0 amide bonds. The number of thiophene rings is 1. The minimum absolute atomic E-state index is 0.0321. The van der Waals surface area contributed by atoms with Gasteiger partial charge in [-0.3, -0.25) is 0 Å². The number of hydrogen-bond donors (Lipinski definition) is 1. The van der Waals surface area contributed by atoms with Crippen LogP contribution in [-0.2, 0) is 12.7 Å². The van der Waals surface area contributed by atoms with E-state index in [4.69, 9.17) is 11.6 Å². The molecule has 1 heterocycles. The Morgan fingerprint density at radius 1 is 1.26 bits per heavy atom. The third kappa shape index (κ3) is 3.87. The highest BCUT2D eigenvalue weighted by molar-refractivity contribution is 9.10. The molecule has 0 radical (unpaired) electrons. The molecule has 0 aliphatic carbocycles. The third-order valence-corrected chi connectivity index (χ3v) is 4.34. The first kappa shape index (κ1) is 14.7. The van der Waals surface area contributed by atoms with Crippen molar-refractivity contribution in [2.24, 2.45) is 0 Å². The first-order valence-electron chi connectivity index (χ1n) is 5.20. The summed E-state index contributed by atoms with van der Waals surface area (Å²) >= 11 is 10.1. The van der Waals surface area contributed by atoms with Crippen LogP contribution in [0.15, 0.2) is 34.1 Å². The number of nitrogens with one attached hydrogen (secondary N) is 1. The molecule has 0 bridgehead atoms. The molecule has 1 N–H and O–H groups in total. The number of halogens is 5. The van der Waals surface area contributed by atoms with E-state index in [1.807, 2.05) is 0 Å². The Morgan fingerprint density at radius 2 is 2.00 bits per heavy atom. The summed E-state index contributed by atoms with van der Waals surface area (Å²) in [6.07, 6.45) is -4.37. The van der Waals surface area contributed by atoms with Crippen LogP contribution < -0.4 is 5.32 Å². The van der Waals surface area contributed by atoms with Crippen LogP contribution in [-0.4, -0.2) is 0 Å². The van der Waals surface area contributed by atoms with Crippen LogP contribution >= 0.6 is 38.9 Å². The zero-order chi connectivity index (χ0) is 14.0. The van der Waals surface area contributed by atoms with Crippen LogP contribution in [0, 0.1) is 0 Å². The summed E-state index contributed by atoms with van der Waals surface area (Å²) in [5.41, 5.74) is -0.276. The molecule has 0 fully saturated rings. The van der Waals surface area contributed by atoms with Crippen LogP contribution in [0.2, 0.25) is 5.02 Å². The number of benzene rings is 1. The predicted molar refractivity (Wildman–Crippen MR) is 75.8 cm³/mol. The van der Waals surface area contributed by atoms with Gasteiger partial charge in [-0.15, -0.1) is 11.3 Å². The molecule has 102 valence electrons. The van der Waals surface area contributed by atoms with Gasteiger partial charge in [-0.1, -0.05) is 27.5 Å². The van der Waals surface area contributed by atoms with Gasteiger partial charge < -0.3 is 5.32 Å². The van der Waals surface area contributed by atoms with Crippen molar-refractivity contribution in [3.8, 4) is 0 Å². The maximum absolute atomic E-state index is 12.7. The predicted octanol–water partition coefficient (Wildman–Crippen LogP) is 5.79. The number of hydrogen-bond acceptors (Lipinski definition) is 2. The molecule has 0 saturated heterocycles. The van der Waals surface area contributed by atoms with Gasteiger partial charge in [0.05, 0.1) is 10.6 Å². The van der Waals surface area contributed by atoms with E-state index in [2.05, 4.69) is 21.2 Å². The Morgan fingerprint density at radius 3 is 2.58 bits per heavy atom. The Hall–Kier alpha value is -0.720. The average Bonchev–Trinajstić information content (AvgIpc) is 2.72. The third-order valence-electron chi connectivity index (χ3n) is 2.36. The van der Waals surface area contributed by atoms with Crippen molar-refractivity contribution >= 4 is 44.6 Å². The molecule has 2 aromatic rings. The van der Waals surface area contributed by atoms with Crippen molar-refractivity contribution in [2.75, 3.05) is 5.32 Å². The highest BCUT2D eigenvalue weighted by Crippen LogP contribution is 2.36. The molecule has 1 nitrogen and oxygen atoms in total. The second kappa shape index (κ2) is 5.73. The molecule has 0 spiro atoms. The summed E-state index contributed by atoms with van der Waals surface area (Å²) in [7, 11) is 0. The molecule has 7 heteroatoms. The molecule has 0 aliphatic heterocycles. The van der Waals surface area contributed by atoms with Gasteiger partial charge in [0.2, 0.25) is 0 Å². The summed E-state index contributed by atoms with van der Waals surface area (Å²) < 4.78 is 38.2. The molecule has 0 unspecified atom stereocenters. The molecule has 0 atom stereocenters. The van der Waals surface area contributed by atoms with E-state index >= 15 is 0 Å². The second-order valence-electron chi connectivity index (χ2n) is 3.78. The lowest BCUT2D eigenvalue weighted by atomic mass is 10.2. The van der Waals surface area contributed by atoms with Crippen molar-refractivity contribution in [2.45, 2.75) is 12.7 Å². The van der Waals surface area contributed by atoms with Crippen LogP contribution in [0.25, 0.3) is 0 Å². The van der Waals surface area contributed by atoms with Gasteiger partial charge in [-0.25, -0.2) is 0 Å². The standard InChI is InChI=1S/C12H8BrClF3NS/c13-11-2-1-8(4-10(11)12(15,16)17)18-5-9-3-7(14)6-19-9/h1-4,6,18H,5H2. The lowest BCUT2D eigenvalue weighted by Gasteiger charge is -2.12. The van der Waals surface area contributed by atoms with Crippen LogP contribution in [0.1, 0.15) is 10.4 Å². The fraction of sp³-hybridized carbons (Fsp3) is 0.167. The van der Waals surface area contributed by atoms with Crippen molar-refractivity contribution in [3.05, 3.63) is 49.6 Å². The lowest BCUT2D eigenvalue weighted by molar-refractivity contribution is -0.138. The molecule has 0 saturated carbocycles. The molecular formula is C12H8BrClF3NS. The van der Waals surface area contributed by atoms with Gasteiger partial charge >= 0.3 is 6.18 Å². The molecule has 19 heavy (non-hydrogen) atoms. The van der Waals surface area contributed by atoms with E-state index < -0.39 is 11.7 Å². The zero-order valence-corrected chi connectivity index (χ0v) is 12.6.